The molecule has 6 nitrogen and oxygen atoms in total. The fourth-order valence-electron chi connectivity index (χ4n) is 8.24. The van der Waals surface area contributed by atoms with Gasteiger partial charge in [0.1, 0.15) is 13.2 Å². The highest BCUT2D eigenvalue weighted by Crippen LogP contribution is 2.17. The highest BCUT2D eigenvalue weighted by atomic mass is 16.6. The standard InChI is InChI=1S/C57H106O6/c1-4-7-10-13-16-19-22-25-27-29-31-32-35-38-41-44-47-50-56(59)62-53-54(52-61-55(58)49-46-43-40-37-34-24-21-18-15-12-9-6-3)63-57(60)51-48-45-42-39-36-33-30-28-26-23-20-17-14-11-8-5-2/h16,19,25,27,54H,4-15,17-18,20-24,26,28-53H2,1-3H3/b19-16-,27-25-/t54-/m1/s1. The van der Waals surface area contributed by atoms with Crippen LogP contribution in [0.25, 0.3) is 0 Å². The fraction of sp³-hybridized carbons (Fsp3) is 0.877. The minimum Gasteiger partial charge on any atom is -0.462 e. The molecule has 0 amide bonds. The van der Waals surface area contributed by atoms with Crippen molar-refractivity contribution >= 4 is 17.9 Å². The van der Waals surface area contributed by atoms with Gasteiger partial charge < -0.3 is 14.2 Å². The van der Waals surface area contributed by atoms with Crippen LogP contribution in [-0.2, 0) is 28.6 Å². The third kappa shape index (κ3) is 50.7. The number of ether oxygens (including phenoxy) is 3. The zero-order valence-electron chi connectivity index (χ0n) is 42.4. The predicted octanol–water partition coefficient (Wildman–Crippen LogP) is 18.3. The largest absolute Gasteiger partial charge is 0.462 e. The molecule has 0 N–H and O–H groups in total. The molecule has 1 atom stereocenters. The molecule has 0 heterocycles. The van der Waals surface area contributed by atoms with Crippen LogP contribution in [0.5, 0.6) is 0 Å². The van der Waals surface area contributed by atoms with E-state index in [4.69, 9.17) is 14.2 Å². The highest BCUT2D eigenvalue weighted by molar-refractivity contribution is 5.71. The predicted molar refractivity (Wildman–Crippen MR) is 270 cm³/mol. The number of unbranched alkanes of at least 4 members (excludes halogenated alkanes) is 36. The van der Waals surface area contributed by atoms with Gasteiger partial charge in [-0.2, -0.15) is 0 Å². The number of esters is 3. The average molecular weight is 887 g/mol. The van der Waals surface area contributed by atoms with E-state index in [0.29, 0.717) is 19.3 Å². The Labute approximate surface area is 392 Å². The van der Waals surface area contributed by atoms with E-state index in [2.05, 4.69) is 45.1 Å². The van der Waals surface area contributed by atoms with E-state index < -0.39 is 6.10 Å². The first kappa shape index (κ1) is 60.9. The molecule has 0 spiro atoms. The Bertz CT molecular complexity index is 1020. The Morgan fingerprint density at radius 3 is 0.905 bits per heavy atom. The number of carbonyl (C=O) groups is 3. The van der Waals surface area contributed by atoms with Crippen LogP contribution < -0.4 is 0 Å². The SMILES string of the molecule is CCCCC/C=C\C/C=C\CCCCCCCCCC(=O)OC[C@@H](COC(=O)CCCCCCCCCCCCCC)OC(=O)CCCCCCCCCCCCCCCCCC. The van der Waals surface area contributed by atoms with Crippen LogP contribution in [0.4, 0.5) is 0 Å². The van der Waals surface area contributed by atoms with Gasteiger partial charge in [-0.05, 0) is 51.4 Å². The van der Waals surface area contributed by atoms with E-state index in [1.807, 2.05) is 0 Å². The zero-order chi connectivity index (χ0) is 45.8. The van der Waals surface area contributed by atoms with Crippen molar-refractivity contribution in [2.24, 2.45) is 0 Å². The number of carbonyl (C=O) groups excluding carboxylic acids is 3. The summed E-state index contributed by atoms with van der Waals surface area (Å²) in [6.45, 7) is 6.65. The van der Waals surface area contributed by atoms with Crippen molar-refractivity contribution in [2.45, 2.75) is 309 Å². The second-order valence-corrected chi connectivity index (χ2v) is 18.9. The maximum absolute atomic E-state index is 12.8. The van der Waals surface area contributed by atoms with Gasteiger partial charge in [0.15, 0.2) is 6.10 Å². The minimum absolute atomic E-state index is 0.0684. The molecule has 0 rings (SSSR count). The van der Waals surface area contributed by atoms with Gasteiger partial charge in [0.2, 0.25) is 0 Å². The molecule has 6 heteroatoms. The van der Waals surface area contributed by atoms with Crippen molar-refractivity contribution < 1.29 is 28.6 Å². The summed E-state index contributed by atoms with van der Waals surface area (Å²) in [6, 6.07) is 0. The Balaban J connectivity index is 4.33. The number of allylic oxidation sites excluding steroid dienone is 4. The van der Waals surface area contributed by atoms with E-state index in [0.717, 1.165) is 70.6 Å². The molecule has 0 aliphatic carbocycles. The van der Waals surface area contributed by atoms with Crippen LogP contribution in [0.2, 0.25) is 0 Å². The molecule has 0 aliphatic heterocycles. The number of hydrogen-bond donors (Lipinski definition) is 0. The van der Waals surface area contributed by atoms with Gasteiger partial charge in [0.25, 0.3) is 0 Å². The second kappa shape index (κ2) is 52.5. The summed E-state index contributed by atoms with van der Waals surface area (Å²) in [5.41, 5.74) is 0. The lowest BCUT2D eigenvalue weighted by Gasteiger charge is -2.18. The summed E-state index contributed by atoms with van der Waals surface area (Å²) in [5.74, 6) is -0.858. The third-order valence-electron chi connectivity index (χ3n) is 12.5. The summed E-state index contributed by atoms with van der Waals surface area (Å²) in [4.78, 5) is 38.1. The normalized spacial score (nSPS) is 12.1. The Morgan fingerprint density at radius 1 is 0.317 bits per heavy atom. The third-order valence-corrected chi connectivity index (χ3v) is 12.5. The highest BCUT2D eigenvalue weighted by Gasteiger charge is 2.19. The van der Waals surface area contributed by atoms with Crippen LogP contribution in [0, 0.1) is 0 Å². The molecule has 0 saturated heterocycles. The molecule has 0 aromatic rings. The molecule has 0 radical (unpaired) electrons. The van der Waals surface area contributed by atoms with Gasteiger partial charge in [-0.1, -0.05) is 257 Å². The smallest absolute Gasteiger partial charge is 0.306 e. The second-order valence-electron chi connectivity index (χ2n) is 18.9. The van der Waals surface area contributed by atoms with Crippen LogP contribution in [0.15, 0.2) is 24.3 Å². The van der Waals surface area contributed by atoms with Crippen LogP contribution in [0.3, 0.4) is 0 Å². The van der Waals surface area contributed by atoms with Crippen LogP contribution in [0.1, 0.15) is 303 Å². The van der Waals surface area contributed by atoms with Crippen molar-refractivity contribution in [3.05, 3.63) is 24.3 Å². The first-order valence-corrected chi connectivity index (χ1v) is 27.8. The zero-order valence-corrected chi connectivity index (χ0v) is 42.4. The summed E-state index contributed by atoms with van der Waals surface area (Å²) >= 11 is 0. The lowest BCUT2D eigenvalue weighted by atomic mass is 10.0. The van der Waals surface area contributed by atoms with Gasteiger partial charge in [-0.25, -0.2) is 0 Å². The molecule has 0 aromatic heterocycles. The lowest BCUT2D eigenvalue weighted by molar-refractivity contribution is -0.167. The Morgan fingerprint density at radius 2 is 0.571 bits per heavy atom. The summed E-state index contributed by atoms with van der Waals surface area (Å²) in [6.07, 6.45) is 60.1. The molecule has 0 bridgehead atoms. The maximum Gasteiger partial charge on any atom is 0.306 e. The van der Waals surface area contributed by atoms with Crippen molar-refractivity contribution in [1.29, 1.82) is 0 Å². The molecule has 0 saturated carbocycles. The molecule has 0 aliphatic rings. The van der Waals surface area contributed by atoms with Crippen molar-refractivity contribution in [3.8, 4) is 0 Å². The van der Waals surface area contributed by atoms with Crippen molar-refractivity contribution in [3.63, 3.8) is 0 Å². The lowest BCUT2D eigenvalue weighted by Crippen LogP contribution is -2.30. The molecule has 0 unspecified atom stereocenters. The van der Waals surface area contributed by atoms with E-state index in [1.165, 1.54) is 193 Å². The molecule has 63 heavy (non-hydrogen) atoms. The van der Waals surface area contributed by atoms with Crippen LogP contribution >= 0.6 is 0 Å². The van der Waals surface area contributed by atoms with E-state index in [1.54, 1.807) is 0 Å². The first-order chi connectivity index (χ1) is 31.0. The summed E-state index contributed by atoms with van der Waals surface area (Å²) in [5, 5.41) is 0. The van der Waals surface area contributed by atoms with Crippen molar-refractivity contribution in [2.75, 3.05) is 13.2 Å². The molecular formula is C57H106O6. The van der Waals surface area contributed by atoms with E-state index >= 15 is 0 Å². The Hall–Kier alpha value is -2.11. The monoisotopic (exact) mass is 887 g/mol. The Kier molecular flexibility index (Phi) is 50.8. The summed E-state index contributed by atoms with van der Waals surface area (Å²) < 4.78 is 16.8. The fourth-order valence-corrected chi connectivity index (χ4v) is 8.24. The van der Waals surface area contributed by atoms with Gasteiger partial charge >= 0.3 is 17.9 Å². The van der Waals surface area contributed by atoms with Crippen LogP contribution in [-0.4, -0.2) is 37.2 Å². The number of rotatable bonds is 51. The topological polar surface area (TPSA) is 78.9 Å². The summed E-state index contributed by atoms with van der Waals surface area (Å²) in [7, 11) is 0. The van der Waals surface area contributed by atoms with Gasteiger partial charge in [-0.15, -0.1) is 0 Å². The van der Waals surface area contributed by atoms with Gasteiger partial charge in [0, 0.05) is 19.3 Å². The number of hydrogen-bond acceptors (Lipinski definition) is 6. The van der Waals surface area contributed by atoms with Crippen molar-refractivity contribution in [1.82, 2.24) is 0 Å². The van der Waals surface area contributed by atoms with E-state index in [9.17, 15) is 14.4 Å². The van der Waals surface area contributed by atoms with E-state index in [-0.39, 0.29) is 31.1 Å². The average Bonchev–Trinajstić information content (AvgIpc) is 3.28. The molecule has 0 aromatic carbocycles. The van der Waals surface area contributed by atoms with Gasteiger partial charge in [0.05, 0.1) is 0 Å². The minimum atomic E-state index is -0.768. The maximum atomic E-state index is 12.8. The quantitative estimate of drug-likeness (QED) is 0.0262. The molecule has 370 valence electrons. The van der Waals surface area contributed by atoms with Gasteiger partial charge in [-0.3, -0.25) is 14.4 Å². The molecular weight excluding hydrogens is 781 g/mol. The molecule has 0 fully saturated rings. The first-order valence-electron chi connectivity index (χ1n) is 27.8.